The summed E-state index contributed by atoms with van der Waals surface area (Å²) in [5, 5.41) is 18.0. The number of aryl methyl sites for hydroxylation is 2. The van der Waals surface area contributed by atoms with E-state index in [4.69, 9.17) is 4.52 Å². The number of aromatic nitrogens is 1. The largest absolute Gasteiger partial charge is 0.373 e. The second-order valence-electron chi connectivity index (χ2n) is 4.76. The number of aldehydes is 1. The van der Waals surface area contributed by atoms with Crippen molar-refractivity contribution in [3.63, 3.8) is 0 Å². The lowest BCUT2D eigenvalue weighted by Crippen LogP contribution is -2.10. The van der Waals surface area contributed by atoms with Crippen LogP contribution in [0.1, 0.15) is 40.3 Å². The number of carbonyl (C=O) groups excluding carboxylic acids is 1. The number of nitrogens with zero attached hydrogens (tertiary/aromatic N) is 2. The summed E-state index contributed by atoms with van der Waals surface area (Å²) in [6.07, 6.45) is 0.578. The highest BCUT2D eigenvalue weighted by Crippen LogP contribution is 2.30. The standard InChI is InChI=1S/C14H15N3O4/c1-8(14-9(2)16-21-10(14)3)15-12-5-4-11(7-18)6-13(12)17(19)20/h4-8,15H,1-3H3. The van der Waals surface area contributed by atoms with E-state index in [2.05, 4.69) is 10.5 Å². The molecule has 1 heterocycles. The van der Waals surface area contributed by atoms with Gasteiger partial charge in [0, 0.05) is 17.2 Å². The lowest BCUT2D eigenvalue weighted by Gasteiger charge is -2.15. The molecule has 0 saturated heterocycles. The van der Waals surface area contributed by atoms with Gasteiger partial charge < -0.3 is 9.84 Å². The molecule has 0 aliphatic rings. The van der Waals surface area contributed by atoms with E-state index in [0.717, 1.165) is 11.3 Å². The summed E-state index contributed by atoms with van der Waals surface area (Å²) in [6, 6.07) is 4.09. The third-order valence-corrected chi connectivity index (χ3v) is 3.25. The van der Waals surface area contributed by atoms with E-state index >= 15 is 0 Å². The van der Waals surface area contributed by atoms with Crippen molar-refractivity contribution >= 4 is 17.7 Å². The number of carbonyl (C=O) groups is 1. The number of rotatable bonds is 5. The molecule has 1 unspecified atom stereocenters. The highest BCUT2D eigenvalue weighted by Gasteiger charge is 2.20. The first kappa shape index (κ1) is 14.7. The van der Waals surface area contributed by atoms with Gasteiger partial charge in [-0.2, -0.15) is 0 Å². The minimum Gasteiger partial charge on any atom is -0.373 e. The zero-order chi connectivity index (χ0) is 15.6. The van der Waals surface area contributed by atoms with Crippen LogP contribution in [0.5, 0.6) is 0 Å². The number of hydrogen-bond donors (Lipinski definition) is 1. The zero-order valence-corrected chi connectivity index (χ0v) is 11.9. The molecule has 1 aromatic heterocycles. The summed E-state index contributed by atoms with van der Waals surface area (Å²) < 4.78 is 5.10. The van der Waals surface area contributed by atoms with Crippen LogP contribution in [0.25, 0.3) is 0 Å². The number of anilines is 1. The minimum absolute atomic E-state index is 0.141. The number of nitro benzene ring substituents is 1. The fourth-order valence-electron chi connectivity index (χ4n) is 2.31. The molecule has 7 heteroatoms. The lowest BCUT2D eigenvalue weighted by atomic mass is 10.1. The second-order valence-corrected chi connectivity index (χ2v) is 4.76. The second kappa shape index (κ2) is 5.74. The van der Waals surface area contributed by atoms with E-state index < -0.39 is 4.92 Å². The summed E-state index contributed by atoms with van der Waals surface area (Å²) in [5.41, 5.74) is 2.07. The normalized spacial score (nSPS) is 12.0. The Morgan fingerprint density at radius 1 is 1.43 bits per heavy atom. The maximum atomic E-state index is 11.1. The number of hydrogen-bond acceptors (Lipinski definition) is 6. The monoisotopic (exact) mass is 289 g/mol. The molecule has 0 aliphatic carbocycles. The molecule has 2 aromatic rings. The summed E-state index contributed by atoms with van der Waals surface area (Å²) in [5.74, 6) is 0.666. The first-order valence-corrected chi connectivity index (χ1v) is 6.37. The van der Waals surface area contributed by atoms with Crippen molar-refractivity contribution in [2.24, 2.45) is 0 Å². The van der Waals surface area contributed by atoms with Crippen molar-refractivity contribution < 1.29 is 14.2 Å². The number of nitrogens with one attached hydrogen (secondary N) is 1. The molecule has 0 bridgehead atoms. The Morgan fingerprint density at radius 2 is 2.14 bits per heavy atom. The fraction of sp³-hybridized carbons (Fsp3) is 0.286. The third-order valence-electron chi connectivity index (χ3n) is 3.25. The molecule has 0 radical (unpaired) electrons. The van der Waals surface area contributed by atoms with E-state index in [1.54, 1.807) is 6.92 Å². The molecular weight excluding hydrogens is 274 g/mol. The highest BCUT2D eigenvalue weighted by atomic mass is 16.6. The quantitative estimate of drug-likeness (QED) is 0.515. The van der Waals surface area contributed by atoms with Crippen LogP contribution < -0.4 is 5.32 Å². The van der Waals surface area contributed by atoms with Gasteiger partial charge in [0.1, 0.15) is 17.7 Å². The first-order valence-electron chi connectivity index (χ1n) is 6.37. The zero-order valence-electron chi connectivity index (χ0n) is 11.9. The van der Waals surface area contributed by atoms with Gasteiger partial charge in [-0.25, -0.2) is 0 Å². The molecule has 0 amide bonds. The van der Waals surface area contributed by atoms with Gasteiger partial charge in [0.25, 0.3) is 5.69 Å². The van der Waals surface area contributed by atoms with Gasteiger partial charge in [0.2, 0.25) is 0 Å². The highest BCUT2D eigenvalue weighted by molar-refractivity contribution is 5.79. The average Bonchev–Trinajstić information content (AvgIpc) is 2.78. The van der Waals surface area contributed by atoms with Gasteiger partial charge in [-0.05, 0) is 32.9 Å². The van der Waals surface area contributed by atoms with Crippen LogP contribution in [0.4, 0.5) is 11.4 Å². The first-order chi connectivity index (χ1) is 9.93. The molecule has 1 atom stereocenters. The van der Waals surface area contributed by atoms with Crippen molar-refractivity contribution in [2.75, 3.05) is 5.32 Å². The third kappa shape index (κ3) is 2.91. The van der Waals surface area contributed by atoms with Crippen molar-refractivity contribution in [3.05, 3.63) is 50.9 Å². The summed E-state index contributed by atoms with van der Waals surface area (Å²) in [7, 11) is 0. The Kier molecular flexibility index (Phi) is 4.02. The maximum absolute atomic E-state index is 11.1. The Morgan fingerprint density at radius 3 is 2.67 bits per heavy atom. The van der Waals surface area contributed by atoms with Crippen LogP contribution in [0, 0.1) is 24.0 Å². The topological polar surface area (TPSA) is 98.3 Å². The van der Waals surface area contributed by atoms with Gasteiger partial charge in [-0.3, -0.25) is 14.9 Å². The van der Waals surface area contributed by atoms with Gasteiger partial charge in [-0.15, -0.1) is 0 Å². The predicted octanol–water partition coefficient (Wildman–Crippen LogP) is 3.19. The lowest BCUT2D eigenvalue weighted by molar-refractivity contribution is -0.384. The minimum atomic E-state index is -0.518. The molecule has 110 valence electrons. The van der Waals surface area contributed by atoms with Crippen LogP contribution >= 0.6 is 0 Å². The van der Waals surface area contributed by atoms with E-state index in [9.17, 15) is 14.9 Å². The molecule has 0 fully saturated rings. The van der Waals surface area contributed by atoms with Crippen molar-refractivity contribution in [1.82, 2.24) is 5.16 Å². The van der Waals surface area contributed by atoms with E-state index in [-0.39, 0.29) is 17.3 Å². The smallest absolute Gasteiger partial charge is 0.293 e. The molecule has 1 N–H and O–H groups in total. The van der Waals surface area contributed by atoms with Gasteiger partial charge in [0.15, 0.2) is 0 Å². The van der Waals surface area contributed by atoms with Gasteiger partial charge in [-0.1, -0.05) is 5.16 Å². The Labute approximate surface area is 121 Å². The Bertz CT molecular complexity index is 674. The van der Waals surface area contributed by atoms with Crippen LogP contribution in [0.15, 0.2) is 22.7 Å². The van der Waals surface area contributed by atoms with Crippen molar-refractivity contribution in [3.8, 4) is 0 Å². The molecule has 2 rings (SSSR count). The van der Waals surface area contributed by atoms with Crippen LogP contribution in [-0.2, 0) is 0 Å². The van der Waals surface area contributed by atoms with E-state index in [1.807, 2.05) is 13.8 Å². The van der Waals surface area contributed by atoms with E-state index in [1.165, 1.54) is 18.2 Å². The van der Waals surface area contributed by atoms with Crippen LogP contribution in [-0.4, -0.2) is 16.4 Å². The molecule has 7 nitrogen and oxygen atoms in total. The van der Waals surface area contributed by atoms with Crippen LogP contribution in [0.3, 0.4) is 0 Å². The molecule has 0 spiro atoms. The molecular formula is C14H15N3O4. The molecule has 0 saturated carbocycles. The number of benzene rings is 1. The molecule has 0 aliphatic heterocycles. The van der Waals surface area contributed by atoms with Gasteiger partial charge >= 0.3 is 0 Å². The van der Waals surface area contributed by atoms with Gasteiger partial charge in [0.05, 0.1) is 16.7 Å². The predicted molar refractivity (Wildman–Crippen MR) is 76.5 cm³/mol. The van der Waals surface area contributed by atoms with E-state index in [0.29, 0.717) is 17.7 Å². The maximum Gasteiger partial charge on any atom is 0.293 e. The molecule has 1 aromatic carbocycles. The Balaban J connectivity index is 2.35. The van der Waals surface area contributed by atoms with Crippen LogP contribution in [0.2, 0.25) is 0 Å². The number of nitro groups is 1. The summed E-state index contributed by atoms with van der Waals surface area (Å²) in [4.78, 5) is 21.3. The summed E-state index contributed by atoms with van der Waals surface area (Å²) in [6.45, 7) is 5.47. The fourth-order valence-corrected chi connectivity index (χ4v) is 2.31. The Hall–Kier alpha value is -2.70. The average molecular weight is 289 g/mol. The molecule has 21 heavy (non-hydrogen) atoms. The SMILES string of the molecule is Cc1noc(C)c1C(C)Nc1ccc(C=O)cc1[N+](=O)[O-]. The summed E-state index contributed by atoms with van der Waals surface area (Å²) >= 11 is 0. The van der Waals surface area contributed by atoms with Crippen molar-refractivity contribution in [1.29, 1.82) is 0 Å². The van der Waals surface area contributed by atoms with Crippen molar-refractivity contribution in [2.45, 2.75) is 26.8 Å².